The number of hydrogen-bond donors (Lipinski definition) is 1. The van der Waals surface area contributed by atoms with E-state index in [9.17, 15) is 0 Å². The number of nitrogens with zero attached hydrogens (tertiary/aromatic N) is 2. The van der Waals surface area contributed by atoms with Crippen molar-refractivity contribution in [1.82, 2.24) is 9.78 Å². The van der Waals surface area contributed by atoms with E-state index in [2.05, 4.69) is 49.5 Å². The molecule has 0 saturated heterocycles. The summed E-state index contributed by atoms with van der Waals surface area (Å²) in [4.78, 5) is 1.22. The van der Waals surface area contributed by atoms with Gasteiger partial charge in [0.05, 0.1) is 11.4 Å². The van der Waals surface area contributed by atoms with Crippen molar-refractivity contribution in [2.75, 3.05) is 6.26 Å². The fraction of sp³-hybridized carbons (Fsp3) is 0.357. The first-order valence-electron chi connectivity index (χ1n) is 6.09. The second-order valence-electron chi connectivity index (χ2n) is 4.50. The van der Waals surface area contributed by atoms with Crippen molar-refractivity contribution in [3.05, 3.63) is 41.7 Å². The molecule has 4 heteroatoms. The number of aromatic nitrogens is 2. The van der Waals surface area contributed by atoms with E-state index in [1.54, 1.807) is 11.8 Å². The van der Waals surface area contributed by atoms with Crippen molar-refractivity contribution in [3.8, 4) is 5.69 Å². The van der Waals surface area contributed by atoms with Gasteiger partial charge in [0.2, 0.25) is 0 Å². The van der Waals surface area contributed by atoms with Gasteiger partial charge in [-0.3, -0.25) is 0 Å². The molecule has 2 aromatic rings. The lowest BCUT2D eigenvalue weighted by atomic mass is 10.1. The van der Waals surface area contributed by atoms with Gasteiger partial charge in [0.1, 0.15) is 0 Å². The van der Waals surface area contributed by atoms with Crippen molar-refractivity contribution >= 4 is 11.8 Å². The molecular weight excluding hydrogens is 242 g/mol. The highest BCUT2D eigenvalue weighted by atomic mass is 32.2. The highest BCUT2D eigenvalue weighted by molar-refractivity contribution is 7.98. The van der Waals surface area contributed by atoms with Crippen molar-refractivity contribution in [2.45, 2.75) is 31.2 Å². The van der Waals surface area contributed by atoms with Crippen LogP contribution in [0.3, 0.4) is 0 Å². The Morgan fingerprint density at radius 1 is 1.33 bits per heavy atom. The third-order valence-electron chi connectivity index (χ3n) is 2.98. The quantitative estimate of drug-likeness (QED) is 0.860. The summed E-state index contributed by atoms with van der Waals surface area (Å²) in [7, 11) is 0. The second-order valence-corrected chi connectivity index (χ2v) is 5.35. The Balaban J connectivity index is 2.49. The maximum atomic E-state index is 5.88. The number of nitrogens with two attached hydrogens (primary N) is 1. The van der Waals surface area contributed by atoms with Gasteiger partial charge >= 0.3 is 0 Å². The third-order valence-corrected chi connectivity index (χ3v) is 3.80. The zero-order valence-electron chi connectivity index (χ0n) is 11.1. The van der Waals surface area contributed by atoms with Crippen LogP contribution in [0.5, 0.6) is 0 Å². The fourth-order valence-corrected chi connectivity index (χ4v) is 2.59. The van der Waals surface area contributed by atoms with E-state index in [0.717, 1.165) is 16.9 Å². The van der Waals surface area contributed by atoms with Crippen LogP contribution in [-0.2, 0) is 6.54 Å². The number of benzene rings is 1. The second kappa shape index (κ2) is 5.59. The van der Waals surface area contributed by atoms with E-state index in [-0.39, 0.29) is 0 Å². The summed E-state index contributed by atoms with van der Waals surface area (Å²) in [5.74, 6) is 0.441. The lowest BCUT2D eigenvalue weighted by Gasteiger charge is -2.11. The molecule has 1 aromatic heterocycles. The van der Waals surface area contributed by atoms with Crippen molar-refractivity contribution < 1.29 is 0 Å². The van der Waals surface area contributed by atoms with E-state index >= 15 is 0 Å². The molecule has 18 heavy (non-hydrogen) atoms. The summed E-state index contributed by atoms with van der Waals surface area (Å²) >= 11 is 1.72. The van der Waals surface area contributed by atoms with Crippen LogP contribution >= 0.6 is 11.8 Å². The maximum absolute atomic E-state index is 5.88. The minimum atomic E-state index is 0.441. The molecule has 0 aliphatic carbocycles. The molecule has 3 nitrogen and oxygen atoms in total. The summed E-state index contributed by atoms with van der Waals surface area (Å²) in [5.41, 5.74) is 9.22. The summed E-state index contributed by atoms with van der Waals surface area (Å²) in [6, 6.07) is 8.29. The van der Waals surface area contributed by atoms with Crippen LogP contribution in [0.25, 0.3) is 5.69 Å². The average molecular weight is 261 g/mol. The standard InChI is InChI=1S/C14H19N3S/c1-10(2)12-7-8-17(16-12)13-5-4-6-14(18-3)11(13)9-15/h4-8,10H,9,15H2,1-3H3. The zero-order valence-corrected chi connectivity index (χ0v) is 11.9. The Bertz CT molecular complexity index is 532. The first-order valence-corrected chi connectivity index (χ1v) is 7.31. The highest BCUT2D eigenvalue weighted by Gasteiger charge is 2.10. The number of thioether (sulfide) groups is 1. The van der Waals surface area contributed by atoms with Gasteiger partial charge < -0.3 is 5.73 Å². The maximum Gasteiger partial charge on any atom is 0.0701 e. The average Bonchev–Trinajstić information content (AvgIpc) is 2.87. The minimum absolute atomic E-state index is 0.441. The van der Waals surface area contributed by atoms with E-state index in [1.807, 2.05) is 10.9 Å². The lowest BCUT2D eigenvalue weighted by Crippen LogP contribution is -2.07. The molecule has 0 atom stereocenters. The molecule has 0 radical (unpaired) electrons. The van der Waals surface area contributed by atoms with Crippen molar-refractivity contribution in [3.63, 3.8) is 0 Å². The van der Waals surface area contributed by atoms with Gasteiger partial charge in [-0.05, 0) is 30.4 Å². The molecule has 0 spiro atoms. The molecule has 1 heterocycles. The van der Waals surface area contributed by atoms with E-state index < -0.39 is 0 Å². The fourth-order valence-electron chi connectivity index (χ4n) is 1.95. The van der Waals surface area contributed by atoms with Crippen LogP contribution in [0.4, 0.5) is 0 Å². The van der Waals surface area contributed by atoms with Crippen molar-refractivity contribution in [2.24, 2.45) is 5.73 Å². The minimum Gasteiger partial charge on any atom is -0.326 e. The molecule has 0 amide bonds. The van der Waals surface area contributed by atoms with Crippen LogP contribution in [0.2, 0.25) is 0 Å². The first kappa shape index (κ1) is 13.2. The van der Waals surface area contributed by atoms with Gasteiger partial charge in [-0.25, -0.2) is 4.68 Å². The topological polar surface area (TPSA) is 43.8 Å². The molecule has 0 aliphatic rings. The van der Waals surface area contributed by atoms with Crippen LogP contribution < -0.4 is 5.73 Å². The molecule has 0 aliphatic heterocycles. The van der Waals surface area contributed by atoms with E-state index in [0.29, 0.717) is 12.5 Å². The lowest BCUT2D eigenvalue weighted by molar-refractivity contribution is 0.761. The monoisotopic (exact) mass is 261 g/mol. The summed E-state index contributed by atoms with van der Waals surface area (Å²) in [5, 5.41) is 4.62. The third kappa shape index (κ3) is 2.44. The van der Waals surface area contributed by atoms with Crippen LogP contribution in [0.15, 0.2) is 35.4 Å². The Hall–Kier alpha value is -1.26. The Morgan fingerprint density at radius 2 is 2.11 bits per heavy atom. The molecule has 0 fully saturated rings. The summed E-state index contributed by atoms with van der Waals surface area (Å²) in [6.07, 6.45) is 4.08. The molecule has 0 saturated carbocycles. The Labute approximate surface area is 112 Å². The largest absolute Gasteiger partial charge is 0.326 e. The molecule has 0 bridgehead atoms. The van der Waals surface area contributed by atoms with Crippen molar-refractivity contribution in [1.29, 1.82) is 0 Å². The van der Waals surface area contributed by atoms with Crippen LogP contribution in [0.1, 0.15) is 31.0 Å². The van der Waals surface area contributed by atoms with Gasteiger partial charge in [-0.15, -0.1) is 11.8 Å². The normalized spacial score (nSPS) is 11.2. The predicted molar refractivity (Wildman–Crippen MR) is 77.3 cm³/mol. The highest BCUT2D eigenvalue weighted by Crippen LogP contribution is 2.26. The van der Waals surface area contributed by atoms with Gasteiger partial charge in [-0.2, -0.15) is 5.10 Å². The summed E-state index contributed by atoms with van der Waals surface area (Å²) < 4.78 is 1.93. The Kier molecular flexibility index (Phi) is 4.09. The SMILES string of the molecule is CSc1cccc(-n2ccc(C(C)C)n2)c1CN. The van der Waals surface area contributed by atoms with E-state index in [1.165, 1.54) is 4.90 Å². The number of rotatable bonds is 4. The molecular formula is C14H19N3S. The summed E-state index contributed by atoms with van der Waals surface area (Å²) in [6.45, 7) is 4.83. The van der Waals surface area contributed by atoms with Gasteiger partial charge in [-0.1, -0.05) is 19.9 Å². The van der Waals surface area contributed by atoms with Gasteiger partial charge in [0.15, 0.2) is 0 Å². The smallest absolute Gasteiger partial charge is 0.0701 e. The Morgan fingerprint density at radius 3 is 2.67 bits per heavy atom. The predicted octanol–water partition coefficient (Wildman–Crippen LogP) is 3.18. The molecule has 1 aromatic carbocycles. The van der Waals surface area contributed by atoms with E-state index in [4.69, 9.17) is 5.73 Å². The molecule has 0 unspecified atom stereocenters. The molecule has 96 valence electrons. The molecule has 2 N–H and O–H groups in total. The zero-order chi connectivity index (χ0) is 13.1. The molecule has 2 rings (SSSR count). The van der Waals surface area contributed by atoms with Crippen LogP contribution in [-0.4, -0.2) is 16.0 Å². The van der Waals surface area contributed by atoms with Gasteiger partial charge in [0, 0.05) is 23.2 Å². The number of hydrogen-bond acceptors (Lipinski definition) is 3. The first-order chi connectivity index (χ1) is 8.67. The van der Waals surface area contributed by atoms with Gasteiger partial charge in [0.25, 0.3) is 0 Å². The van der Waals surface area contributed by atoms with Crippen LogP contribution in [0, 0.1) is 0 Å².